The van der Waals surface area contributed by atoms with Crippen LogP contribution in [0.2, 0.25) is 0 Å². The fourth-order valence-electron chi connectivity index (χ4n) is 2.98. The Hall–Kier alpha value is -0.860. The molecule has 1 aromatic rings. The van der Waals surface area contributed by atoms with Crippen LogP contribution in [0.3, 0.4) is 0 Å². The van der Waals surface area contributed by atoms with Crippen LogP contribution in [-0.2, 0) is 12.8 Å². The van der Waals surface area contributed by atoms with Crippen molar-refractivity contribution in [2.24, 2.45) is 11.7 Å². The summed E-state index contributed by atoms with van der Waals surface area (Å²) >= 11 is 0. The van der Waals surface area contributed by atoms with Gasteiger partial charge >= 0.3 is 0 Å². The van der Waals surface area contributed by atoms with Gasteiger partial charge in [-0.05, 0) is 42.9 Å². The summed E-state index contributed by atoms with van der Waals surface area (Å²) in [5, 5.41) is 3.74. The van der Waals surface area contributed by atoms with Gasteiger partial charge in [0.25, 0.3) is 0 Å². The van der Waals surface area contributed by atoms with Crippen LogP contribution in [-0.4, -0.2) is 18.6 Å². The standard InChI is InChI=1S/C15H22N2/c16-11-15(17-8-7-12-5-6-12)9-13-3-1-2-4-14(13)10-15/h1-4,12,17H,5-11,16H2. The van der Waals surface area contributed by atoms with Gasteiger partial charge in [0.05, 0.1) is 0 Å². The Bertz CT molecular complexity index is 371. The Labute approximate surface area is 104 Å². The lowest BCUT2D eigenvalue weighted by Gasteiger charge is -2.29. The number of rotatable bonds is 5. The van der Waals surface area contributed by atoms with Gasteiger partial charge in [-0.2, -0.15) is 0 Å². The SMILES string of the molecule is NCC1(NCCC2CC2)Cc2ccccc2C1. The molecule has 0 spiro atoms. The van der Waals surface area contributed by atoms with Crippen molar-refractivity contribution < 1.29 is 0 Å². The molecule has 1 fully saturated rings. The van der Waals surface area contributed by atoms with Crippen LogP contribution in [0.1, 0.15) is 30.4 Å². The largest absolute Gasteiger partial charge is 0.329 e. The molecule has 2 heteroatoms. The molecule has 1 saturated carbocycles. The van der Waals surface area contributed by atoms with Gasteiger partial charge in [-0.3, -0.25) is 0 Å². The second-order valence-electron chi connectivity index (χ2n) is 5.77. The lowest BCUT2D eigenvalue weighted by atomic mass is 9.95. The summed E-state index contributed by atoms with van der Waals surface area (Å²) in [4.78, 5) is 0. The zero-order valence-electron chi connectivity index (χ0n) is 10.4. The fourth-order valence-corrected chi connectivity index (χ4v) is 2.98. The van der Waals surface area contributed by atoms with Crippen LogP contribution in [0.4, 0.5) is 0 Å². The normalized spacial score (nSPS) is 21.5. The number of hydrogen-bond acceptors (Lipinski definition) is 2. The van der Waals surface area contributed by atoms with Crippen molar-refractivity contribution in [2.45, 2.75) is 37.6 Å². The molecule has 0 bridgehead atoms. The summed E-state index contributed by atoms with van der Waals surface area (Å²) in [6, 6.07) is 8.76. The first kappa shape index (κ1) is 11.2. The van der Waals surface area contributed by atoms with Crippen LogP contribution < -0.4 is 11.1 Å². The third-order valence-corrected chi connectivity index (χ3v) is 4.32. The number of nitrogens with one attached hydrogen (secondary N) is 1. The maximum Gasteiger partial charge on any atom is 0.0385 e. The van der Waals surface area contributed by atoms with E-state index < -0.39 is 0 Å². The third kappa shape index (κ3) is 2.38. The van der Waals surface area contributed by atoms with Crippen LogP contribution in [0, 0.1) is 5.92 Å². The highest BCUT2D eigenvalue weighted by molar-refractivity contribution is 5.36. The Morgan fingerprint density at radius 1 is 1.18 bits per heavy atom. The Morgan fingerprint density at radius 2 is 1.82 bits per heavy atom. The maximum absolute atomic E-state index is 6.02. The molecule has 0 aliphatic heterocycles. The summed E-state index contributed by atoms with van der Waals surface area (Å²) < 4.78 is 0. The minimum atomic E-state index is 0.137. The Balaban J connectivity index is 1.63. The third-order valence-electron chi connectivity index (χ3n) is 4.32. The average molecular weight is 230 g/mol. The van der Waals surface area contributed by atoms with Crippen molar-refractivity contribution in [3.63, 3.8) is 0 Å². The number of hydrogen-bond donors (Lipinski definition) is 2. The van der Waals surface area contributed by atoms with Gasteiger partial charge in [-0.15, -0.1) is 0 Å². The van der Waals surface area contributed by atoms with Gasteiger partial charge in [-0.25, -0.2) is 0 Å². The van der Waals surface area contributed by atoms with E-state index in [1.165, 1.54) is 30.4 Å². The van der Waals surface area contributed by atoms with Crippen molar-refractivity contribution in [1.82, 2.24) is 5.32 Å². The molecule has 17 heavy (non-hydrogen) atoms. The van der Waals surface area contributed by atoms with Crippen molar-refractivity contribution in [2.75, 3.05) is 13.1 Å². The van der Waals surface area contributed by atoms with Gasteiger partial charge in [0.2, 0.25) is 0 Å². The topological polar surface area (TPSA) is 38.0 Å². The molecular formula is C15H22N2. The molecule has 2 aliphatic rings. The van der Waals surface area contributed by atoms with Crippen LogP contribution in [0.5, 0.6) is 0 Å². The highest BCUT2D eigenvalue weighted by Crippen LogP contribution is 2.33. The second-order valence-corrected chi connectivity index (χ2v) is 5.77. The first-order valence-electron chi connectivity index (χ1n) is 6.83. The summed E-state index contributed by atoms with van der Waals surface area (Å²) in [6.45, 7) is 1.88. The Kier molecular flexibility index (Phi) is 2.93. The Morgan fingerprint density at radius 3 is 2.35 bits per heavy atom. The van der Waals surface area contributed by atoms with Crippen molar-refractivity contribution in [1.29, 1.82) is 0 Å². The van der Waals surface area contributed by atoms with E-state index in [9.17, 15) is 0 Å². The molecule has 0 radical (unpaired) electrons. The second kappa shape index (κ2) is 4.43. The van der Waals surface area contributed by atoms with Gasteiger partial charge in [-0.1, -0.05) is 37.1 Å². The van der Waals surface area contributed by atoms with Crippen LogP contribution in [0.25, 0.3) is 0 Å². The van der Waals surface area contributed by atoms with E-state index in [1.807, 2.05) is 0 Å². The highest BCUT2D eigenvalue weighted by Gasteiger charge is 2.35. The lowest BCUT2D eigenvalue weighted by molar-refractivity contribution is 0.343. The van der Waals surface area contributed by atoms with E-state index in [-0.39, 0.29) is 5.54 Å². The lowest BCUT2D eigenvalue weighted by Crippen LogP contribution is -2.52. The molecule has 92 valence electrons. The predicted molar refractivity (Wildman–Crippen MR) is 71.0 cm³/mol. The van der Waals surface area contributed by atoms with Crippen molar-refractivity contribution >= 4 is 0 Å². The minimum absolute atomic E-state index is 0.137. The molecule has 0 aromatic heterocycles. The molecule has 3 N–H and O–H groups in total. The van der Waals surface area contributed by atoms with E-state index in [0.29, 0.717) is 0 Å². The fraction of sp³-hybridized carbons (Fsp3) is 0.600. The van der Waals surface area contributed by atoms with E-state index >= 15 is 0 Å². The monoisotopic (exact) mass is 230 g/mol. The zero-order chi connectivity index (χ0) is 11.7. The summed E-state index contributed by atoms with van der Waals surface area (Å²) in [7, 11) is 0. The van der Waals surface area contributed by atoms with Gasteiger partial charge in [0, 0.05) is 12.1 Å². The molecule has 0 unspecified atom stereocenters. The molecule has 2 aliphatic carbocycles. The molecular weight excluding hydrogens is 208 g/mol. The number of fused-ring (bicyclic) bond motifs is 1. The van der Waals surface area contributed by atoms with Gasteiger partial charge in [0.1, 0.15) is 0 Å². The van der Waals surface area contributed by atoms with E-state index in [4.69, 9.17) is 5.73 Å². The first-order valence-corrected chi connectivity index (χ1v) is 6.83. The van der Waals surface area contributed by atoms with Crippen molar-refractivity contribution in [3.05, 3.63) is 35.4 Å². The predicted octanol–water partition coefficient (Wildman–Crippen LogP) is 1.87. The van der Waals surface area contributed by atoms with Crippen molar-refractivity contribution in [3.8, 4) is 0 Å². The molecule has 3 rings (SSSR count). The first-order chi connectivity index (χ1) is 8.31. The molecule has 0 atom stereocenters. The molecule has 2 nitrogen and oxygen atoms in total. The van der Waals surface area contributed by atoms with Gasteiger partial charge in [0.15, 0.2) is 0 Å². The number of nitrogens with two attached hydrogens (primary N) is 1. The summed E-state index contributed by atoms with van der Waals surface area (Å²) in [5.41, 5.74) is 9.12. The van der Waals surface area contributed by atoms with Gasteiger partial charge < -0.3 is 11.1 Å². The molecule has 0 saturated heterocycles. The molecule has 0 amide bonds. The van der Waals surface area contributed by atoms with E-state index in [1.54, 1.807) is 0 Å². The number of benzene rings is 1. The maximum atomic E-state index is 6.02. The zero-order valence-corrected chi connectivity index (χ0v) is 10.4. The quantitative estimate of drug-likeness (QED) is 0.810. The van der Waals surface area contributed by atoms with Crippen LogP contribution >= 0.6 is 0 Å². The smallest absolute Gasteiger partial charge is 0.0385 e. The summed E-state index contributed by atoms with van der Waals surface area (Å²) in [6.07, 6.45) is 6.42. The molecule has 0 heterocycles. The summed E-state index contributed by atoms with van der Waals surface area (Å²) in [5.74, 6) is 1.00. The van der Waals surface area contributed by atoms with E-state index in [0.717, 1.165) is 31.8 Å². The minimum Gasteiger partial charge on any atom is -0.329 e. The van der Waals surface area contributed by atoms with Crippen LogP contribution in [0.15, 0.2) is 24.3 Å². The van der Waals surface area contributed by atoms with E-state index in [2.05, 4.69) is 29.6 Å². The highest BCUT2D eigenvalue weighted by atomic mass is 15.0. The molecule has 1 aromatic carbocycles. The average Bonchev–Trinajstić information content (AvgIpc) is 3.09.